The van der Waals surface area contributed by atoms with E-state index in [2.05, 4.69) is 58.9 Å². The summed E-state index contributed by atoms with van der Waals surface area (Å²) < 4.78 is 0. The molecule has 21 heavy (non-hydrogen) atoms. The number of nitrogens with zero attached hydrogens (tertiary/aromatic N) is 2. The van der Waals surface area contributed by atoms with Gasteiger partial charge in [0.25, 0.3) is 5.69 Å². The molecule has 2 aromatic carbocycles. The summed E-state index contributed by atoms with van der Waals surface area (Å²) in [5, 5.41) is 11.5. The smallest absolute Gasteiger partial charge is 0.273 e. The Morgan fingerprint density at radius 1 is 1.14 bits per heavy atom. The Kier molecular flexibility index (Phi) is 4.96. The zero-order valence-corrected chi connectivity index (χ0v) is 13.6. The number of nitro groups is 1. The lowest BCUT2D eigenvalue weighted by Crippen LogP contribution is -2.16. The fourth-order valence-corrected chi connectivity index (χ4v) is 2.71. The summed E-state index contributed by atoms with van der Waals surface area (Å²) in [4.78, 5) is 12.8. The molecule has 5 heteroatoms. The van der Waals surface area contributed by atoms with Gasteiger partial charge in [-0.25, -0.2) is 0 Å². The molecule has 0 saturated carbocycles. The van der Waals surface area contributed by atoms with Crippen molar-refractivity contribution >= 4 is 33.0 Å². The van der Waals surface area contributed by atoms with Crippen molar-refractivity contribution in [3.8, 4) is 0 Å². The maximum atomic E-state index is 11.0. The highest BCUT2D eigenvalue weighted by Crippen LogP contribution is 2.31. The highest BCUT2D eigenvalue weighted by molar-refractivity contribution is 9.08. The summed E-state index contributed by atoms with van der Waals surface area (Å²) in [5.74, 6) is 0. The number of halogens is 1. The molecule has 0 atom stereocenters. The number of benzene rings is 2. The van der Waals surface area contributed by atoms with Crippen LogP contribution in [-0.2, 0) is 5.33 Å². The molecule has 0 fully saturated rings. The van der Waals surface area contributed by atoms with Gasteiger partial charge in [-0.3, -0.25) is 10.1 Å². The van der Waals surface area contributed by atoms with Gasteiger partial charge in [0, 0.05) is 34.9 Å². The first-order valence-corrected chi connectivity index (χ1v) is 7.86. The van der Waals surface area contributed by atoms with E-state index in [0.717, 1.165) is 17.9 Å². The van der Waals surface area contributed by atoms with Gasteiger partial charge in [-0.05, 0) is 38.1 Å². The minimum absolute atomic E-state index is 0.149. The molecule has 0 saturated heterocycles. The minimum Gasteiger partial charge on any atom is -0.342 e. The third-order valence-corrected chi connectivity index (χ3v) is 3.98. The summed E-state index contributed by atoms with van der Waals surface area (Å²) in [6, 6.07) is 13.5. The van der Waals surface area contributed by atoms with Crippen molar-refractivity contribution in [2.75, 3.05) is 11.4 Å². The molecule has 0 aliphatic carbocycles. The Morgan fingerprint density at radius 2 is 1.76 bits per heavy atom. The Bertz CT molecular complexity index is 641. The van der Waals surface area contributed by atoms with Crippen LogP contribution in [0.2, 0.25) is 0 Å². The van der Waals surface area contributed by atoms with Gasteiger partial charge in [0.2, 0.25) is 0 Å². The van der Waals surface area contributed by atoms with E-state index in [4.69, 9.17) is 0 Å². The molecule has 0 spiro atoms. The van der Waals surface area contributed by atoms with E-state index in [9.17, 15) is 10.1 Å². The third kappa shape index (κ3) is 3.42. The van der Waals surface area contributed by atoms with E-state index >= 15 is 0 Å². The van der Waals surface area contributed by atoms with Crippen LogP contribution in [0.25, 0.3) is 0 Å². The lowest BCUT2D eigenvalue weighted by atomic mass is 10.1. The second-order valence-electron chi connectivity index (χ2n) is 4.78. The first kappa shape index (κ1) is 15.5. The van der Waals surface area contributed by atoms with Crippen molar-refractivity contribution in [1.82, 2.24) is 0 Å². The fraction of sp³-hybridized carbons (Fsp3) is 0.250. The lowest BCUT2D eigenvalue weighted by Gasteiger charge is -2.24. The van der Waals surface area contributed by atoms with Gasteiger partial charge in [0.05, 0.1) is 4.92 Å². The molecule has 0 aromatic heterocycles. The fourth-order valence-electron chi connectivity index (χ4n) is 2.26. The summed E-state index contributed by atoms with van der Waals surface area (Å²) >= 11 is 3.32. The summed E-state index contributed by atoms with van der Waals surface area (Å²) in [7, 11) is 0. The van der Waals surface area contributed by atoms with Gasteiger partial charge in [-0.15, -0.1) is 0 Å². The van der Waals surface area contributed by atoms with E-state index in [1.807, 2.05) is 6.07 Å². The van der Waals surface area contributed by atoms with Crippen LogP contribution in [0.15, 0.2) is 42.5 Å². The van der Waals surface area contributed by atoms with Crippen LogP contribution in [0.3, 0.4) is 0 Å². The van der Waals surface area contributed by atoms with Crippen LogP contribution >= 0.6 is 15.9 Å². The quantitative estimate of drug-likeness (QED) is 0.436. The van der Waals surface area contributed by atoms with Crippen molar-refractivity contribution in [2.24, 2.45) is 0 Å². The molecule has 2 rings (SSSR count). The van der Waals surface area contributed by atoms with Crippen LogP contribution in [0.4, 0.5) is 17.1 Å². The van der Waals surface area contributed by atoms with Crippen molar-refractivity contribution in [1.29, 1.82) is 0 Å². The Morgan fingerprint density at radius 3 is 2.29 bits per heavy atom. The number of rotatable bonds is 5. The maximum Gasteiger partial charge on any atom is 0.273 e. The highest BCUT2D eigenvalue weighted by Gasteiger charge is 2.16. The molecule has 0 bridgehead atoms. The van der Waals surface area contributed by atoms with E-state index in [1.165, 1.54) is 5.56 Å². The highest BCUT2D eigenvalue weighted by atomic mass is 79.9. The maximum absolute atomic E-state index is 11.0. The zero-order chi connectivity index (χ0) is 15.4. The number of aryl methyl sites for hydroxylation is 1. The van der Waals surface area contributed by atoms with Crippen LogP contribution in [0, 0.1) is 17.0 Å². The van der Waals surface area contributed by atoms with Crippen LogP contribution < -0.4 is 4.90 Å². The predicted molar refractivity (Wildman–Crippen MR) is 89.6 cm³/mol. The van der Waals surface area contributed by atoms with Crippen LogP contribution in [0.5, 0.6) is 0 Å². The van der Waals surface area contributed by atoms with Crippen molar-refractivity contribution < 1.29 is 4.92 Å². The van der Waals surface area contributed by atoms with Gasteiger partial charge in [-0.1, -0.05) is 33.6 Å². The second kappa shape index (κ2) is 6.72. The SMILES string of the molecule is CCN(c1ccc(C)cc1)c1ccc([N+](=O)[O-])c(CBr)c1. The Hall–Kier alpha value is -1.88. The number of hydrogen-bond acceptors (Lipinski definition) is 3. The predicted octanol–water partition coefficient (Wildman–Crippen LogP) is 4.96. The molecule has 0 N–H and O–H groups in total. The summed E-state index contributed by atoms with van der Waals surface area (Å²) in [6.07, 6.45) is 0. The molecule has 0 aliphatic heterocycles. The molecule has 0 aliphatic rings. The van der Waals surface area contributed by atoms with Gasteiger partial charge < -0.3 is 4.90 Å². The molecular weight excluding hydrogens is 332 g/mol. The normalized spacial score (nSPS) is 10.4. The van der Waals surface area contributed by atoms with Gasteiger partial charge in [0.1, 0.15) is 0 Å². The molecule has 0 heterocycles. The molecule has 0 amide bonds. The van der Waals surface area contributed by atoms with Crippen LogP contribution in [-0.4, -0.2) is 11.5 Å². The van der Waals surface area contributed by atoms with E-state index in [0.29, 0.717) is 10.9 Å². The molecule has 110 valence electrons. The Balaban J connectivity index is 2.43. The number of nitro benzene ring substituents is 1. The first-order chi connectivity index (χ1) is 10.1. The number of hydrogen-bond donors (Lipinski definition) is 0. The zero-order valence-electron chi connectivity index (χ0n) is 12.0. The van der Waals surface area contributed by atoms with E-state index < -0.39 is 0 Å². The minimum atomic E-state index is -0.345. The molecule has 0 unspecified atom stereocenters. The lowest BCUT2D eigenvalue weighted by molar-refractivity contribution is -0.385. The molecule has 4 nitrogen and oxygen atoms in total. The average Bonchev–Trinajstić information content (AvgIpc) is 2.49. The van der Waals surface area contributed by atoms with Gasteiger partial charge >= 0.3 is 0 Å². The number of alkyl halides is 1. The average molecular weight is 349 g/mol. The first-order valence-electron chi connectivity index (χ1n) is 6.74. The third-order valence-electron chi connectivity index (χ3n) is 3.38. The molecule has 0 radical (unpaired) electrons. The standard InChI is InChI=1S/C16H17BrN2O2/c1-3-18(14-6-4-12(2)5-7-14)15-8-9-16(19(20)21)13(10-15)11-17/h4-10H,3,11H2,1-2H3. The summed E-state index contributed by atoms with van der Waals surface area (Å²) in [6.45, 7) is 4.91. The van der Waals surface area contributed by atoms with Gasteiger partial charge in [0.15, 0.2) is 0 Å². The van der Waals surface area contributed by atoms with Crippen molar-refractivity contribution in [2.45, 2.75) is 19.2 Å². The molecular formula is C16H17BrN2O2. The monoisotopic (exact) mass is 348 g/mol. The number of anilines is 2. The van der Waals surface area contributed by atoms with Gasteiger partial charge in [-0.2, -0.15) is 0 Å². The van der Waals surface area contributed by atoms with Crippen molar-refractivity contribution in [3.05, 3.63) is 63.7 Å². The largest absolute Gasteiger partial charge is 0.342 e. The topological polar surface area (TPSA) is 46.4 Å². The van der Waals surface area contributed by atoms with E-state index in [1.54, 1.807) is 12.1 Å². The van der Waals surface area contributed by atoms with Crippen LogP contribution in [0.1, 0.15) is 18.1 Å². The van der Waals surface area contributed by atoms with E-state index in [-0.39, 0.29) is 10.6 Å². The molecule has 2 aromatic rings. The Labute approximate surface area is 132 Å². The second-order valence-corrected chi connectivity index (χ2v) is 5.34. The summed E-state index contributed by atoms with van der Waals surface area (Å²) in [5.41, 5.74) is 4.08. The van der Waals surface area contributed by atoms with Crippen molar-refractivity contribution in [3.63, 3.8) is 0 Å².